The second-order valence-corrected chi connectivity index (χ2v) is 9.81. The molecule has 8 nitrogen and oxygen atoms in total. The minimum atomic E-state index is -0.401. The second kappa shape index (κ2) is 12.4. The number of H-pyrrole nitrogens is 1. The molecule has 2 aliphatic rings. The number of aromatic amines is 1. The number of nitrogens with zero attached hydrogens (tertiary/aromatic N) is 2. The molecule has 0 saturated carbocycles. The zero-order valence-corrected chi connectivity index (χ0v) is 21.4. The van der Waals surface area contributed by atoms with Crippen molar-refractivity contribution in [2.75, 3.05) is 45.9 Å². The first-order valence-electron chi connectivity index (χ1n) is 13.0. The number of nitrogens with one attached hydrogen (secondary N) is 2. The number of carbonyl (C=O) groups is 3. The minimum absolute atomic E-state index is 0.0636. The zero-order valence-electron chi connectivity index (χ0n) is 21.4. The van der Waals surface area contributed by atoms with E-state index in [9.17, 15) is 14.4 Å². The highest BCUT2D eigenvalue weighted by Gasteiger charge is 2.32. The van der Waals surface area contributed by atoms with E-state index >= 15 is 0 Å². The molecule has 3 heterocycles. The molecule has 2 amide bonds. The second-order valence-electron chi connectivity index (χ2n) is 9.81. The lowest BCUT2D eigenvalue weighted by Gasteiger charge is -2.34. The van der Waals surface area contributed by atoms with E-state index in [4.69, 9.17) is 4.74 Å². The predicted molar refractivity (Wildman–Crippen MR) is 132 cm³/mol. The molecule has 2 saturated heterocycles. The first kappa shape index (κ1) is 26.3. The van der Waals surface area contributed by atoms with Gasteiger partial charge >= 0.3 is 5.97 Å². The van der Waals surface area contributed by atoms with Gasteiger partial charge in [-0.15, -0.1) is 0 Å². The van der Waals surface area contributed by atoms with Gasteiger partial charge in [0.25, 0.3) is 5.91 Å². The van der Waals surface area contributed by atoms with Crippen LogP contribution in [0.2, 0.25) is 0 Å². The normalized spacial score (nSPS) is 18.9. The summed E-state index contributed by atoms with van der Waals surface area (Å²) in [5, 5.41) is 3.13. The maximum atomic E-state index is 13.2. The number of amides is 2. The molecule has 0 aliphatic carbocycles. The van der Waals surface area contributed by atoms with Crippen molar-refractivity contribution in [3.63, 3.8) is 0 Å². The third kappa shape index (κ3) is 6.40. The summed E-state index contributed by atoms with van der Waals surface area (Å²) < 4.78 is 5.13. The molecule has 8 heteroatoms. The fourth-order valence-electron chi connectivity index (χ4n) is 5.31. The third-order valence-corrected chi connectivity index (χ3v) is 7.50. The Morgan fingerprint density at radius 1 is 1.06 bits per heavy atom. The summed E-state index contributed by atoms with van der Waals surface area (Å²) in [6, 6.07) is 0. The molecule has 2 aliphatic heterocycles. The van der Waals surface area contributed by atoms with E-state index in [-0.39, 0.29) is 23.7 Å². The molecular formula is C26H42N4O4. The van der Waals surface area contributed by atoms with E-state index in [1.807, 2.05) is 11.8 Å². The molecule has 0 spiro atoms. The molecule has 3 rings (SSSR count). The molecule has 1 aromatic rings. The Labute approximate surface area is 203 Å². The maximum absolute atomic E-state index is 13.2. The molecule has 0 radical (unpaired) electrons. The van der Waals surface area contributed by atoms with E-state index in [1.54, 1.807) is 20.8 Å². The van der Waals surface area contributed by atoms with Crippen LogP contribution in [0.5, 0.6) is 0 Å². The Balaban J connectivity index is 1.47. The van der Waals surface area contributed by atoms with Crippen LogP contribution in [0.4, 0.5) is 0 Å². The van der Waals surface area contributed by atoms with E-state index in [1.165, 1.54) is 25.7 Å². The van der Waals surface area contributed by atoms with Crippen molar-refractivity contribution in [2.45, 2.75) is 66.2 Å². The first-order valence-corrected chi connectivity index (χ1v) is 13.0. The Morgan fingerprint density at radius 2 is 1.71 bits per heavy atom. The summed E-state index contributed by atoms with van der Waals surface area (Å²) in [6.45, 7) is 12.8. The number of ether oxygens (including phenoxy) is 1. The topological polar surface area (TPSA) is 94.7 Å². The van der Waals surface area contributed by atoms with Crippen LogP contribution in [0, 0.1) is 25.7 Å². The molecule has 0 bridgehead atoms. The Kier molecular flexibility index (Phi) is 9.56. The first-order chi connectivity index (χ1) is 16.3. The van der Waals surface area contributed by atoms with Crippen LogP contribution in [0.1, 0.15) is 84.5 Å². The summed E-state index contributed by atoms with van der Waals surface area (Å²) in [4.78, 5) is 45.5. The van der Waals surface area contributed by atoms with Gasteiger partial charge < -0.3 is 24.8 Å². The molecular weight excluding hydrogens is 432 g/mol. The van der Waals surface area contributed by atoms with E-state index in [0.717, 1.165) is 32.5 Å². The molecule has 34 heavy (non-hydrogen) atoms. The average Bonchev–Trinajstić information content (AvgIpc) is 2.97. The number of rotatable bonds is 8. The molecule has 1 aromatic heterocycles. The van der Waals surface area contributed by atoms with Crippen LogP contribution in [-0.2, 0) is 9.53 Å². The van der Waals surface area contributed by atoms with Crippen molar-refractivity contribution in [3.05, 3.63) is 22.5 Å². The summed E-state index contributed by atoms with van der Waals surface area (Å²) in [6.07, 6.45) is 6.75. The highest BCUT2D eigenvalue weighted by molar-refractivity contribution is 6.00. The smallest absolute Gasteiger partial charge is 0.340 e. The molecule has 2 N–H and O–H groups in total. The van der Waals surface area contributed by atoms with Crippen LogP contribution in [-0.4, -0.2) is 78.4 Å². The van der Waals surface area contributed by atoms with Gasteiger partial charge in [0.2, 0.25) is 5.91 Å². The van der Waals surface area contributed by atoms with Gasteiger partial charge in [-0.05, 0) is 71.0 Å². The van der Waals surface area contributed by atoms with Crippen molar-refractivity contribution in [2.24, 2.45) is 11.8 Å². The monoisotopic (exact) mass is 474 g/mol. The Bertz CT molecular complexity index is 849. The van der Waals surface area contributed by atoms with Crippen molar-refractivity contribution in [3.8, 4) is 0 Å². The van der Waals surface area contributed by atoms with Gasteiger partial charge in [-0.25, -0.2) is 4.79 Å². The average molecular weight is 475 g/mol. The highest BCUT2D eigenvalue weighted by atomic mass is 16.5. The summed E-state index contributed by atoms with van der Waals surface area (Å²) in [7, 11) is 0. The van der Waals surface area contributed by atoms with Crippen LogP contribution >= 0.6 is 0 Å². The van der Waals surface area contributed by atoms with Gasteiger partial charge in [0, 0.05) is 37.8 Å². The largest absolute Gasteiger partial charge is 0.462 e. The minimum Gasteiger partial charge on any atom is -0.462 e. The number of hydrogen-bond acceptors (Lipinski definition) is 5. The standard InChI is InChI=1S/C26H42N4O4/c1-5-34-26(33)22-19(3)23(28-20(22)4)25(32)30-15-10-21(11-16-30)18(2)24(31)27-12-17-29-13-8-6-7-9-14-29/h18,21,28H,5-17H2,1-4H3,(H,27,31). The van der Waals surface area contributed by atoms with Gasteiger partial charge in [0.1, 0.15) is 5.69 Å². The number of carbonyl (C=O) groups excluding carboxylic acids is 3. The van der Waals surface area contributed by atoms with Crippen LogP contribution in [0.15, 0.2) is 0 Å². The predicted octanol–water partition coefficient (Wildman–Crippen LogP) is 3.29. The molecule has 190 valence electrons. The summed E-state index contributed by atoms with van der Waals surface area (Å²) in [5.41, 5.74) is 2.20. The lowest BCUT2D eigenvalue weighted by molar-refractivity contribution is -0.126. The Hall–Kier alpha value is -2.35. The van der Waals surface area contributed by atoms with Crippen molar-refractivity contribution < 1.29 is 19.1 Å². The SMILES string of the molecule is CCOC(=O)c1c(C)[nH]c(C(=O)N2CCC(C(C)C(=O)NCCN3CCCCCC3)CC2)c1C. The molecule has 1 unspecified atom stereocenters. The number of aromatic nitrogens is 1. The summed E-state index contributed by atoms with van der Waals surface area (Å²) in [5.74, 6) is -0.170. The van der Waals surface area contributed by atoms with Gasteiger partial charge in [0.05, 0.1) is 12.2 Å². The van der Waals surface area contributed by atoms with E-state index in [2.05, 4.69) is 15.2 Å². The highest BCUT2D eigenvalue weighted by Crippen LogP contribution is 2.27. The van der Waals surface area contributed by atoms with Gasteiger partial charge in [-0.1, -0.05) is 19.8 Å². The Morgan fingerprint density at radius 3 is 2.32 bits per heavy atom. The van der Waals surface area contributed by atoms with E-state index in [0.29, 0.717) is 48.8 Å². The van der Waals surface area contributed by atoms with Crippen molar-refractivity contribution >= 4 is 17.8 Å². The number of piperidine rings is 1. The van der Waals surface area contributed by atoms with Gasteiger partial charge in [-0.2, -0.15) is 0 Å². The fraction of sp³-hybridized carbons (Fsp3) is 0.731. The molecule has 2 fully saturated rings. The molecule has 0 aromatic carbocycles. The van der Waals surface area contributed by atoms with Crippen LogP contribution < -0.4 is 5.32 Å². The summed E-state index contributed by atoms with van der Waals surface area (Å²) >= 11 is 0. The maximum Gasteiger partial charge on any atom is 0.340 e. The van der Waals surface area contributed by atoms with Crippen LogP contribution in [0.3, 0.4) is 0 Å². The third-order valence-electron chi connectivity index (χ3n) is 7.50. The van der Waals surface area contributed by atoms with Crippen molar-refractivity contribution in [1.82, 2.24) is 20.1 Å². The van der Waals surface area contributed by atoms with Gasteiger partial charge in [0.15, 0.2) is 0 Å². The lowest BCUT2D eigenvalue weighted by atomic mass is 9.84. The van der Waals surface area contributed by atoms with Crippen molar-refractivity contribution in [1.29, 1.82) is 0 Å². The number of likely N-dealkylation sites (tertiary alicyclic amines) is 2. The van der Waals surface area contributed by atoms with Gasteiger partial charge in [-0.3, -0.25) is 9.59 Å². The lowest BCUT2D eigenvalue weighted by Crippen LogP contribution is -2.44. The zero-order chi connectivity index (χ0) is 24.7. The quantitative estimate of drug-likeness (QED) is 0.564. The fourth-order valence-corrected chi connectivity index (χ4v) is 5.31. The van der Waals surface area contributed by atoms with Crippen LogP contribution in [0.25, 0.3) is 0 Å². The number of esters is 1. The molecule has 1 atom stereocenters. The number of aryl methyl sites for hydroxylation is 1. The number of hydrogen-bond donors (Lipinski definition) is 2. The van der Waals surface area contributed by atoms with E-state index < -0.39 is 5.97 Å².